The molecule has 5 heteroatoms. The van der Waals surface area contributed by atoms with E-state index in [0.717, 1.165) is 36.8 Å². The van der Waals surface area contributed by atoms with Gasteiger partial charge >= 0.3 is 0 Å². The first kappa shape index (κ1) is 17.0. The van der Waals surface area contributed by atoms with Crippen LogP contribution in [0.3, 0.4) is 0 Å². The first-order chi connectivity index (χ1) is 11.5. The van der Waals surface area contributed by atoms with Crippen molar-refractivity contribution in [3.8, 4) is 0 Å². The number of benzene rings is 1. The summed E-state index contributed by atoms with van der Waals surface area (Å²) in [7, 11) is 0. The zero-order valence-electron chi connectivity index (χ0n) is 14.5. The number of carbonyl (C=O) groups is 2. The number of amides is 2. The highest BCUT2D eigenvalue weighted by Crippen LogP contribution is 2.29. The molecule has 2 aliphatic rings. The normalized spacial score (nSPS) is 20.2. The molecule has 1 aromatic carbocycles. The van der Waals surface area contributed by atoms with Crippen LogP contribution in [0.15, 0.2) is 24.3 Å². The second-order valence-electron chi connectivity index (χ2n) is 7.14. The maximum absolute atomic E-state index is 12.6. The molecule has 1 aromatic rings. The lowest BCUT2D eigenvalue weighted by Crippen LogP contribution is -2.59. The van der Waals surface area contributed by atoms with Gasteiger partial charge in [0.25, 0.3) is 0 Å². The van der Waals surface area contributed by atoms with Crippen LogP contribution in [0.4, 0.5) is 0 Å². The van der Waals surface area contributed by atoms with Gasteiger partial charge in [-0.05, 0) is 30.9 Å². The van der Waals surface area contributed by atoms with E-state index >= 15 is 0 Å². The zero-order valence-corrected chi connectivity index (χ0v) is 14.5. The average Bonchev–Trinajstić information content (AvgIpc) is 3.04. The molecule has 24 heavy (non-hydrogen) atoms. The minimum Gasteiger partial charge on any atom is -0.339 e. The van der Waals surface area contributed by atoms with E-state index in [2.05, 4.69) is 0 Å². The number of rotatable bonds is 3. The van der Waals surface area contributed by atoms with E-state index in [-0.39, 0.29) is 11.8 Å². The molecule has 2 amide bonds. The Bertz CT molecular complexity index is 615. The number of nitrogens with two attached hydrogens (primary N) is 1. The first-order valence-corrected chi connectivity index (χ1v) is 8.90. The van der Waals surface area contributed by atoms with Crippen molar-refractivity contribution in [1.29, 1.82) is 0 Å². The molecule has 1 saturated heterocycles. The summed E-state index contributed by atoms with van der Waals surface area (Å²) in [4.78, 5) is 28.9. The minimum atomic E-state index is -0.659. The van der Waals surface area contributed by atoms with Gasteiger partial charge in [0.05, 0.1) is 12.0 Å². The molecule has 0 spiro atoms. The molecule has 1 aliphatic heterocycles. The minimum absolute atomic E-state index is 0.0750. The molecule has 1 saturated carbocycles. The molecule has 130 valence electrons. The summed E-state index contributed by atoms with van der Waals surface area (Å²) in [5.74, 6) is 0.214. The van der Waals surface area contributed by atoms with Crippen LogP contribution in [0.2, 0.25) is 0 Å². The monoisotopic (exact) mass is 329 g/mol. The third-order valence-electron chi connectivity index (χ3n) is 5.44. The van der Waals surface area contributed by atoms with E-state index in [1.165, 1.54) is 0 Å². The maximum Gasteiger partial charge on any atom is 0.242 e. The fourth-order valence-electron chi connectivity index (χ4n) is 3.78. The number of aryl methyl sites for hydroxylation is 1. The largest absolute Gasteiger partial charge is 0.339 e. The molecule has 5 nitrogen and oxygen atoms in total. The Hall–Kier alpha value is -1.88. The van der Waals surface area contributed by atoms with E-state index in [0.29, 0.717) is 32.6 Å². The summed E-state index contributed by atoms with van der Waals surface area (Å²) in [6, 6.07) is 7.99. The van der Waals surface area contributed by atoms with Gasteiger partial charge in [0, 0.05) is 26.2 Å². The highest BCUT2D eigenvalue weighted by Gasteiger charge is 2.40. The number of carbonyl (C=O) groups excluding carboxylic acids is 2. The molecule has 0 aromatic heterocycles. The Labute approximate surface area is 143 Å². The molecule has 0 radical (unpaired) electrons. The zero-order chi connectivity index (χ0) is 17.2. The van der Waals surface area contributed by atoms with Crippen molar-refractivity contribution in [1.82, 2.24) is 9.80 Å². The van der Waals surface area contributed by atoms with Gasteiger partial charge in [-0.25, -0.2) is 0 Å². The lowest BCUT2D eigenvalue weighted by Gasteiger charge is -2.38. The number of hydrogen-bond donors (Lipinski definition) is 1. The van der Waals surface area contributed by atoms with Crippen LogP contribution in [0, 0.1) is 6.92 Å². The SMILES string of the molecule is Cc1ccccc1CC(=O)N1CCN(C(=O)C2(N)CCCC2)CC1. The van der Waals surface area contributed by atoms with Crippen molar-refractivity contribution in [2.45, 2.75) is 44.6 Å². The Kier molecular flexibility index (Phi) is 4.90. The molecule has 2 N–H and O–H groups in total. The van der Waals surface area contributed by atoms with Crippen molar-refractivity contribution in [3.05, 3.63) is 35.4 Å². The Morgan fingerprint density at radius 2 is 1.62 bits per heavy atom. The highest BCUT2D eigenvalue weighted by atomic mass is 16.2. The Morgan fingerprint density at radius 3 is 2.25 bits per heavy atom. The van der Waals surface area contributed by atoms with Crippen LogP contribution in [-0.4, -0.2) is 53.3 Å². The third kappa shape index (κ3) is 3.46. The third-order valence-corrected chi connectivity index (χ3v) is 5.44. The number of piperazine rings is 1. The van der Waals surface area contributed by atoms with Crippen LogP contribution >= 0.6 is 0 Å². The van der Waals surface area contributed by atoms with Gasteiger partial charge in [0.1, 0.15) is 0 Å². The van der Waals surface area contributed by atoms with Crippen molar-refractivity contribution >= 4 is 11.8 Å². The number of hydrogen-bond acceptors (Lipinski definition) is 3. The van der Waals surface area contributed by atoms with Gasteiger partial charge in [-0.1, -0.05) is 37.1 Å². The van der Waals surface area contributed by atoms with E-state index in [4.69, 9.17) is 5.73 Å². The summed E-state index contributed by atoms with van der Waals surface area (Å²) in [5.41, 5.74) is 7.84. The standard InChI is InChI=1S/C19H27N3O2/c1-15-6-2-3-7-16(15)14-17(23)21-10-12-22(13-11-21)18(24)19(20)8-4-5-9-19/h2-3,6-7H,4-5,8-14,20H2,1H3. The molecule has 2 fully saturated rings. The van der Waals surface area contributed by atoms with Gasteiger partial charge < -0.3 is 15.5 Å². The highest BCUT2D eigenvalue weighted by molar-refractivity contribution is 5.87. The van der Waals surface area contributed by atoms with Crippen LogP contribution in [0.25, 0.3) is 0 Å². The first-order valence-electron chi connectivity index (χ1n) is 8.90. The molecule has 3 rings (SSSR count). The Balaban J connectivity index is 1.54. The smallest absolute Gasteiger partial charge is 0.242 e. The van der Waals surface area contributed by atoms with Crippen molar-refractivity contribution in [3.63, 3.8) is 0 Å². The van der Waals surface area contributed by atoms with Gasteiger partial charge in [-0.2, -0.15) is 0 Å². The lowest BCUT2D eigenvalue weighted by molar-refractivity contribution is -0.142. The topological polar surface area (TPSA) is 66.6 Å². The fourth-order valence-corrected chi connectivity index (χ4v) is 3.78. The molecular formula is C19H27N3O2. The molecule has 1 heterocycles. The summed E-state index contributed by atoms with van der Waals surface area (Å²) in [6.07, 6.45) is 4.09. The summed E-state index contributed by atoms with van der Waals surface area (Å²) in [5, 5.41) is 0. The summed E-state index contributed by atoms with van der Waals surface area (Å²) >= 11 is 0. The number of nitrogens with zero attached hydrogens (tertiary/aromatic N) is 2. The Morgan fingerprint density at radius 1 is 1.04 bits per heavy atom. The fraction of sp³-hybridized carbons (Fsp3) is 0.579. The van der Waals surface area contributed by atoms with Crippen LogP contribution < -0.4 is 5.73 Å². The van der Waals surface area contributed by atoms with Crippen molar-refractivity contribution < 1.29 is 9.59 Å². The van der Waals surface area contributed by atoms with Gasteiger partial charge in [-0.3, -0.25) is 9.59 Å². The van der Waals surface area contributed by atoms with Gasteiger partial charge in [0.15, 0.2) is 0 Å². The van der Waals surface area contributed by atoms with E-state index < -0.39 is 5.54 Å². The second kappa shape index (κ2) is 6.93. The van der Waals surface area contributed by atoms with E-state index in [1.54, 1.807) is 0 Å². The lowest BCUT2D eigenvalue weighted by atomic mass is 9.96. The predicted octanol–water partition coefficient (Wildman–Crippen LogP) is 1.48. The molecular weight excluding hydrogens is 302 g/mol. The van der Waals surface area contributed by atoms with Crippen LogP contribution in [0.5, 0.6) is 0 Å². The van der Waals surface area contributed by atoms with E-state index in [9.17, 15) is 9.59 Å². The quantitative estimate of drug-likeness (QED) is 0.913. The predicted molar refractivity (Wildman–Crippen MR) is 93.4 cm³/mol. The molecule has 0 atom stereocenters. The average molecular weight is 329 g/mol. The summed E-state index contributed by atoms with van der Waals surface area (Å²) in [6.45, 7) is 4.43. The van der Waals surface area contributed by atoms with Crippen LogP contribution in [-0.2, 0) is 16.0 Å². The molecule has 1 aliphatic carbocycles. The van der Waals surface area contributed by atoms with Gasteiger partial charge in [0.2, 0.25) is 11.8 Å². The molecule has 0 unspecified atom stereocenters. The summed E-state index contributed by atoms with van der Waals surface area (Å²) < 4.78 is 0. The van der Waals surface area contributed by atoms with Crippen LogP contribution in [0.1, 0.15) is 36.8 Å². The van der Waals surface area contributed by atoms with Gasteiger partial charge in [-0.15, -0.1) is 0 Å². The molecule has 0 bridgehead atoms. The maximum atomic E-state index is 12.6. The van der Waals surface area contributed by atoms with Crippen molar-refractivity contribution in [2.75, 3.05) is 26.2 Å². The van der Waals surface area contributed by atoms with E-state index in [1.807, 2.05) is 41.0 Å². The van der Waals surface area contributed by atoms with Crippen molar-refractivity contribution in [2.24, 2.45) is 5.73 Å². The second-order valence-corrected chi connectivity index (χ2v) is 7.14.